The molecule has 0 amide bonds. The van der Waals surface area contributed by atoms with Gasteiger partial charge in [0, 0.05) is 0 Å². The van der Waals surface area contributed by atoms with E-state index in [9.17, 15) is 8.42 Å². The van der Waals surface area contributed by atoms with Crippen molar-refractivity contribution in [1.29, 1.82) is 0 Å². The summed E-state index contributed by atoms with van der Waals surface area (Å²) in [7, 11) is -3.38. The van der Waals surface area contributed by atoms with Crippen molar-refractivity contribution in [3.63, 3.8) is 0 Å². The van der Waals surface area contributed by atoms with Crippen LogP contribution in [0.15, 0.2) is 0 Å². The maximum absolute atomic E-state index is 9.65. The van der Waals surface area contributed by atoms with Crippen molar-refractivity contribution in [2.24, 2.45) is 5.90 Å². The van der Waals surface area contributed by atoms with Crippen LogP contribution in [0, 0.1) is 0 Å². The first kappa shape index (κ1) is 10.8. The summed E-state index contributed by atoms with van der Waals surface area (Å²) < 4.78 is 22.7. The summed E-state index contributed by atoms with van der Waals surface area (Å²) in [5.74, 6) is 4.22. The molecule has 0 heterocycles. The van der Waals surface area contributed by atoms with Crippen molar-refractivity contribution in [1.82, 2.24) is 0 Å². The molecule has 0 atom stereocenters. The molecule has 0 aliphatic rings. The molecule has 7 heavy (non-hydrogen) atoms. The van der Waals surface area contributed by atoms with Gasteiger partial charge in [-0.15, -0.1) is 0 Å². The number of hydrogen-bond donors (Lipinski definition) is 1. The Bertz CT molecular complexity index is 121. The van der Waals surface area contributed by atoms with E-state index < -0.39 is 10.1 Å². The molecule has 6 heteroatoms. The van der Waals surface area contributed by atoms with E-state index in [1.807, 2.05) is 0 Å². The first-order chi connectivity index (χ1) is 2.56. The van der Waals surface area contributed by atoms with Gasteiger partial charge in [0.1, 0.15) is 0 Å². The summed E-state index contributed by atoms with van der Waals surface area (Å²) in [6.45, 7) is 0. The molecular weight excluding hydrogens is 129 g/mol. The molecule has 0 saturated heterocycles. The number of hydrogen-bond acceptors (Lipinski definition) is 4. The third kappa shape index (κ3) is 10.9. The molecule has 0 rings (SSSR count). The second-order valence-corrected chi connectivity index (χ2v) is 2.40. The summed E-state index contributed by atoms with van der Waals surface area (Å²) in [4.78, 5) is 0. The summed E-state index contributed by atoms with van der Waals surface area (Å²) >= 11 is 0. The predicted octanol–water partition coefficient (Wildman–Crippen LogP) is -4.05. The topological polar surface area (TPSA) is 69.4 Å². The largest absolute Gasteiger partial charge is 1.00 e. The molecule has 0 aromatic carbocycles. The minimum Gasteiger partial charge on any atom is -1.00 e. The van der Waals surface area contributed by atoms with Crippen LogP contribution in [0.3, 0.4) is 0 Å². The van der Waals surface area contributed by atoms with Crippen molar-refractivity contribution in [2.45, 2.75) is 0 Å². The van der Waals surface area contributed by atoms with Crippen LogP contribution in [-0.2, 0) is 14.4 Å². The second-order valence-electron chi connectivity index (χ2n) is 0.800. The van der Waals surface area contributed by atoms with E-state index >= 15 is 0 Å². The third-order valence-corrected chi connectivity index (χ3v) is 0.524. The van der Waals surface area contributed by atoms with Crippen LogP contribution in [0.4, 0.5) is 0 Å². The average molecular weight is 135 g/mol. The van der Waals surface area contributed by atoms with Gasteiger partial charge in [-0.05, 0) is 0 Å². The molecule has 0 aromatic rings. The standard InChI is InChI=1S/CH5NO3S.Na.H/c1-6(3,4)5-2;;/h2H2,1H3;;/q;+1;-1. The van der Waals surface area contributed by atoms with E-state index in [2.05, 4.69) is 10.2 Å². The first-order valence-corrected chi connectivity index (χ1v) is 2.96. The molecule has 0 spiro atoms. The molecule has 0 radical (unpaired) electrons. The Morgan fingerprint density at radius 3 is 1.86 bits per heavy atom. The number of nitrogens with two attached hydrogens (primary N) is 1. The Morgan fingerprint density at radius 1 is 1.71 bits per heavy atom. The average Bonchev–Trinajstić information content (AvgIpc) is 1.35. The van der Waals surface area contributed by atoms with Crippen LogP contribution < -0.4 is 35.5 Å². The van der Waals surface area contributed by atoms with E-state index in [0.717, 1.165) is 6.26 Å². The molecule has 0 unspecified atom stereocenters. The fraction of sp³-hybridized carbons (Fsp3) is 1.00. The van der Waals surface area contributed by atoms with Crippen molar-refractivity contribution in [3.8, 4) is 0 Å². The van der Waals surface area contributed by atoms with Gasteiger partial charge in [-0.2, -0.15) is 18.6 Å². The third-order valence-electron chi connectivity index (χ3n) is 0.175. The van der Waals surface area contributed by atoms with Gasteiger partial charge in [0.15, 0.2) is 0 Å². The van der Waals surface area contributed by atoms with Gasteiger partial charge in [0.25, 0.3) is 10.1 Å². The maximum atomic E-state index is 9.65. The van der Waals surface area contributed by atoms with Crippen LogP contribution in [0.5, 0.6) is 0 Å². The molecule has 0 aliphatic heterocycles. The molecular formula is CH6NNaO3S. The fourth-order valence-electron chi connectivity index (χ4n) is 0. The Morgan fingerprint density at radius 2 is 1.86 bits per heavy atom. The van der Waals surface area contributed by atoms with Crippen molar-refractivity contribution in [3.05, 3.63) is 0 Å². The molecule has 40 valence electrons. The smallest absolute Gasteiger partial charge is 1.00 e. The van der Waals surface area contributed by atoms with Gasteiger partial charge in [-0.1, -0.05) is 0 Å². The van der Waals surface area contributed by atoms with Gasteiger partial charge in [-0.25, -0.2) is 0 Å². The van der Waals surface area contributed by atoms with Crippen LogP contribution in [-0.4, -0.2) is 14.7 Å². The quantitative estimate of drug-likeness (QED) is 0.293. The fourth-order valence-corrected chi connectivity index (χ4v) is 0. The predicted molar refractivity (Wildman–Crippen MR) is 21.2 cm³/mol. The van der Waals surface area contributed by atoms with Gasteiger partial charge in [0.2, 0.25) is 0 Å². The van der Waals surface area contributed by atoms with Crippen molar-refractivity contribution >= 4 is 10.1 Å². The molecule has 2 N–H and O–H groups in total. The zero-order valence-electron chi connectivity index (χ0n) is 5.21. The SMILES string of the molecule is CS(=O)(=O)ON.[H-].[Na+]. The van der Waals surface area contributed by atoms with Gasteiger partial charge >= 0.3 is 29.6 Å². The second kappa shape index (κ2) is 3.82. The summed E-state index contributed by atoms with van der Waals surface area (Å²) in [5, 5.41) is 0. The Kier molecular flexibility index (Phi) is 5.89. The zero-order chi connectivity index (χ0) is 5.21. The summed E-state index contributed by atoms with van der Waals surface area (Å²) in [6.07, 6.45) is 0.868. The summed E-state index contributed by atoms with van der Waals surface area (Å²) in [5.41, 5.74) is 0. The normalized spacial score (nSPS) is 10.0. The molecule has 0 saturated carbocycles. The first-order valence-electron chi connectivity index (χ1n) is 1.14. The summed E-state index contributed by atoms with van der Waals surface area (Å²) in [6, 6.07) is 0. The minimum absolute atomic E-state index is 0. The Hall–Kier alpha value is 0.870. The molecule has 0 fully saturated rings. The number of rotatable bonds is 1. The van der Waals surface area contributed by atoms with Crippen LogP contribution in [0.1, 0.15) is 1.43 Å². The van der Waals surface area contributed by atoms with Crippen molar-refractivity contribution < 1.29 is 43.7 Å². The zero-order valence-corrected chi connectivity index (χ0v) is 7.03. The molecule has 0 bridgehead atoms. The Labute approximate surface area is 65.9 Å². The van der Waals surface area contributed by atoms with Gasteiger partial charge in [0.05, 0.1) is 6.26 Å². The van der Waals surface area contributed by atoms with Crippen LogP contribution in [0.25, 0.3) is 0 Å². The van der Waals surface area contributed by atoms with E-state index in [-0.39, 0.29) is 31.0 Å². The molecule has 0 aliphatic carbocycles. The van der Waals surface area contributed by atoms with Crippen LogP contribution in [0.2, 0.25) is 0 Å². The van der Waals surface area contributed by atoms with E-state index in [1.165, 1.54) is 0 Å². The van der Waals surface area contributed by atoms with E-state index in [4.69, 9.17) is 0 Å². The van der Waals surface area contributed by atoms with Crippen LogP contribution >= 0.6 is 0 Å². The van der Waals surface area contributed by atoms with Gasteiger partial charge < -0.3 is 1.43 Å². The van der Waals surface area contributed by atoms with Gasteiger partial charge in [-0.3, -0.25) is 0 Å². The Balaban J connectivity index is -0.000000125. The minimum atomic E-state index is -3.38. The monoisotopic (exact) mass is 135 g/mol. The van der Waals surface area contributed by atoms with E-state index in [0.29, 0.717) is 0 Å². The van der Waals surface area contributed by atoms with Crippen molar-refractivity contribution in [2.75, 3.05) is 6.26 Å². The van der Waals surface area contributed by atoms with E-state index in [1.54, 1.807) is 0 Å². The molecule has 0 aromatic heterocycles. The maximum Gasteiger partial charge on any atom is 1.00 e. The molecule has 4 nitrogen and oxygen atoms in total.